The van der Waals surface area contributed by atoms with Gasteiger partial charge in [-0.3, -0.25) is 4.98 Å². The lowest BCUT2D eigenvalue weighted by Gasteiger charge is -2.25. The Morgan fingerprint density at radius 3 is 2.75 bits per heavy atom. The van der Waals surface area contributed by atoms with E-state index in [9.17, 15) is 8.42 Å². The minimum absolute atomic E-state index is 0.170. The lowest BCUT2D eigenvalue weighted by atomic mass is 10.1. The fourth-order valence-electron chi connectivity index (χ4n) is 3.25. The molecule has 24 heavy (non-hydrogen) atoms. The lowest BCUT2D eigenvalue weighted by Crippen LogP contribution is -2.31. The first-order chi connectivity index (χ1) is 11.7. The van der Waals surface area contributed by atoms with Gasteiger partial charge in [-0.15, -0.1) is 0 Å². The second-order valence-corrected chi connectivity index (χ2v) is 7.76. The third-order valence-corrected chi connectivity index (χ3v) is 6.30. The molecule has 3 heterocycles. The molecule has 6 nitrogen and oxygen atoms in total. The molecule has 126 valence electrons. The van der Waals surface area contributed by atoms with Crippen LogP contribution in [0.5, 0.6) is 11.5 Å². The summed E-state index contributed by atoms with van der Waals surface area (Å²) in [5.41, 5.74) is 0.927. The molecule has 1 aromatic heterocycles. The number of rotatable bonds is 3. The minimum atomic E-state index is -3.60. The highest BCUT2D eigenvalue weighted by molar-refractivity contribution is 7.89. The van der Waals surface area contributed by atoms with E-state index in [1.807, 2.05) is 12.1 Å². The van der Waals surface area contributed by atoms with Crippen LogP contribution < -0.4 is 9.47 Å². The standard InChI is InChI=1S/C17H18N2O4S/c20-24(21,14-5-6-16-17(11-14)23-10-9-22-16)19-8-2-4-15(19)13-3-1-7-18-12-13/h1,3,5-7,11-12,15H,2,4,8-10H2. The Labute approximate surface area is 141 Å². The molecule has 1 atom stereocenters. The van der Waals surface area contributed by atoms with E-state index < -0.39 is 10.0 Å². The van der Waals surface area contributed by atoms with Gasteiger partial charge in [0.1, 0.15) is 13.2 Å². The first kappa shape index (κ1) is 15.4. The maximum Gasteiger partial charge on any atom is 0.243 e. The number of benzene rings is 1. The van der Waals surface area contributed by atoms with Gasteiger partial charge in [0.25, 0.3) is 0 Å². The summed E-state index contributed by atoms with van der Waals surface area (Å²) in [4.78, 5) is 4.36. The SMILES string of the molecule is O=S(=O)(c1ccc2c(c1)OCCO2)N1CCCC1c1cccnc1. The Kier molecular flexibility index (Phi) is 3.90. The van der Waals surface area contributed by atoms with Crippen molar-refractivity contribution in [3.05, 3.63) is 48.3 Å². The quantitative estimate of drug-likeness (QED) is 0.853. The van der Waals surface area contributed by atoms with Gasteiger partial charge in [0.2, 0.25) is 10.0 Å². The molecule has 7 heteroatoms. The number of hydrogen-bond acceptors (Lipinski definition) is 5. The van der Waals surface area contributed by atoms with Crippen LogP contribution in [-0.4, -0.2) is 37.5 Å². The molecule has 0 radical (unpaired) electrons. The van der Waals surface area contributed by atoms with Gasteiger partial charge in [-0.05, 0) is 36.6 Å². The summed E-state index contributed by atoms with van der Waals surface area (Å²) in [6.45, 7) is 1.42. The van der Waals surface area contributed by atoms with Crippen molar-refractivity contribution in [1.29, 1.82) is 0 Å². The average molecular weight is 346 g/mol. The molecule has 0 N–H and O–H groups in total. The Bertz CT molecular complexity index is 839. The monoisotopic (exact) mass is 346 g/mol. The molecule has 2 aromatic rings. The topological polar surface area (TPSA) is 68.7 Å². The van der Waals surface area contributed by atoms with Crippen molar-refractivity contribution in [3.63, 3.8) is 0 Å². The number of aromatic nitrogens is 1. The van der Waals surface area contributed by atoms with Crippen LogP contribution >= 0.6 is 0 Å². The third kappa shape index (κ3) is 2.63. The highest BCUT2D eigenvalue weighted by Crippen LogP contribution is 2.38. The maximum atomic E-state index is 13.1. The summed E-state index contributed by atoms with van der Waals surface area (Å²) in [5, 5.41) is 0. The van der Waals surface area contributed by atoms with Gasteiger partial charge in [0, 0.05) is 25.0 Å². The zero-order valence-electron chi connectivity index (χ0n) is 13.1. The Morgan fingerprint density at radius 2 is 1.96 bits per heavy atom. The Balaban J connectivity index is 1.69. The molecule has 1 fully saturated rings. The van der Waals surface area contributed by atoms with Gasteiger partial charge in [-0.1, -0.05) is 6.07 Å². The first-order valence-electron chi connectivity index (χ1n) is 7.98. The second-order valence-electron chi connectivity index (χ2n) is 5.87. The van der Waals surface area contributed by atoms with E-state index >= 15 is 0 Å². The van der Waals surface area contributed by atoms with E-state index in [-0.39, 0.29) is 10.9 Å². The molecule has 0 bridgehead atoms. The molecule has 0 spiro atoms. The highest BCUT2D eigenvalue weighted by Gasteiger charge is 2.36. The molecule has 2 aliphatic heterocycles. The predicted octanol–water partition coefficient (Wildman–Crippen LogP) is 2.38. The van der Waals surface area contributed by atoms with Crippen LogP contribution in [0.1, 0.15) is 24.4 Å². The van der Waals surface area contributed by atoms with Crippen LogP contribution in [0.2, 0.25) is 0 Å². The molecule has 1 aromatic carbocycles. The Morgan fingerprint density at radius 1 is 1.12 bits per heavy atom. The molecule has 0 aliphatic carbocycles. The summed E-state index contributed by atoms with van der Waals surface area (Å²) in [5.74, 6) is 1.07. The van der Waals surface area contributed by atoms with Gasteiger partial charge in [0.15, 0.2) is 11.5 Å². The number of fused-ring (bicyclic) bond motifs is 1. The normalized spacial score (nSPS) is 20.9. The average Bonchev–Trinajstić information content (AvgIpc) is 3.13. The molecule has 1 saturated heterocycles. The fourth-order valence-corrected chi connectivity index (χ4v) is 4.95. The molecular formula is C17H18N2O4S. The van der Waals surface area contributed by atoms with Crippen LogP contribution in [0.3, 0.4) is 0 Å². The van der Waals surface area contributed by atoms with Crippen molar-refractivity contribution in [1.82, 2.24) is 9.29 Å². The van der Waals surface area contributed by atoms with Crippen molar-refractivity contribution in [2.45, 2.75) is 23.8 Å². The molecule has 0 saturated carbocycles. The van der Waals surface area contributed by atoms with E-state index in [1.54, 1.807) is 34.9 Å². The van der Waals surface area contributed by atoms with Crippen LogP contribution in [0.15, 0.2) is 47.6 Å². The largest absolute Gasteiger partial charge is 0.486 e. The first-order valence-corrected chi connectivity index (χ1v) is 9.42. The van der Waals surface area contributed by atoms with Gasteiger partial charge < -0.3 is 9.47 Å². The zero-order chi connectivity index (χ0) is 16.6. The number of nitrogens with zero attached hydrogens (tertiary/aromatic N) is 2. The summed E-state index contributed by atoms with van der Waals surface area (Å²) in [7, 11) is -3.60. The summed E-state index contributed by atoms with van der Waals surface area (Å²) < 4.78 is 38.8. The van der Waals surface area contributed by atoms with E-state index in [1.165, 1.54) is 0 Å². The maximum absolute atomic E-state index is 13.1. The van der Waals surface area contributed by atoms with Crippen molar-refractivity contribution in [2.24, 2.45) is 0 Å². The van der Waals surface area contributed by atoms with Crippen LogP contribution in [0.4, 0.5) is 0 Å². The van der Waals surface area contributed by atoms with Crippen molar-refractivity contribution >= 4 is 10.0 Å². The smallest absolute Gasteiger partial charge is 0.243 e. The Hall–Kier alpha value is -2.12. The van der Waals surface area contributed by atoms with Gasteiger partial charge in [0.05, 0.1) is 10.9 Å². The third-order valence-electron chi connectivity index (χ3n) is 4.39. The van der Waals surface area contributed by atoms with E-state index in [2.05, 4.69) is 4.98 Å². The van der Waals surface area contributed by atoms with Gasteiger partial charge in [-0.2, -0.15) is 4.31 Å². The number of hydrogen-bond donors (Lipinski definition) is 0. The van der Waals surface area contributed by atoms with Crippen molar-refractivity contribution < 1.29 is 17.9 Å². The van der Waals surface area contributed by atoms with Gasteiger partial charge in [-0.25, -0.2) is 8.42 Å². The second kappa shape index (κ2) is 6.07. The molecular weight excluding hydrogens is 328 g/mol. The predicted molar refractivity (Wildman–Crippen MR) is 87.5 cm³/mol. The zero-order valence-corrected chi connectivity index (χ0v) is 13.9. The van der Waals surface area contributed by atoms with E-state index in [0.29, 0.717) is 31.3 Å². The van der Waals surface area contributed by atoms with Gasteiger partial charge >= 0.3 is 0 Å². The van der Waals surface area contributed by atoms with Crippen molar-refractivity contribution in [3.8, 4) is 11.5 Å². The fraction of sp³-hybridized carbons (Fsp3) is 0.353. The lowest BCUT2D eigenvalue weighted by molar-refractivity contribution is 0.171. The molecule has 1 unspecified atom stereocenters. The molecule has 2 aliphatic rings. The summed E-state index contributed by atoms with van der Waals surface area (Å²) >= 11 is 0. The molecule has 4 rings (SSSR count). The van der Waals surface area contributed by atoms with E-state index in [4.69, 9.17) is 9.47 Å². The molecule has 0 amide bonds. The number of pyridine rings is 1. The van der Waals surface area contributed by atoms with E-state index in [0.717, 1.165) is 18.4 Å². The number of ether oxygens (including phenoxy) is 2. The van der Waals surface area contributed by atoms with Crippen LogP contribution in [-0.2, 0) is 10.0 Å². The summed E-state index contributed by atoms with van der Waals surface area (Å²) in [6.07, 6.45) is 5.07. The summed E-state index contributed by atoms with van der Waals surface area (Å²) in [6, 6.07) is 8.40. The highest BCUT2D eigenvalue weighted by atomic mass is 32.2. The number of sulfonamides is 1. The van der Waals surface area contributed by atoms with Crippen molar-refractivity contribution in [2.75, 3.05) is 19.8 Å². The minimum Gasteiger partial charge on any atom is -0.486 e. The van der Waals surface area contributed by atoms with Crippen LogP contribution in [0, 0.1) is 0 Å². The van der Waals surface area contributed by atoms with Crippen LogP contribution in [0.25, 0.3) is 0 Å².